The molecule has 2 aromatic carbocycles. The van der Waals surface area contributed by atoms with Gasteiger partial charge in [0.1, 0.15) is 12.4 Å². The molecule has 0 heterocycles. The minimum absolute atomic E-state index is 0.203. The van der Waals surface area contributed by atoms with Crippen molar-refractivity contribution in [2.24, 2.45) is 5.73 Å². The molecule has 0 fully saturated rings. The Labute approximate surface area is 121 Å². The summed E-state index contributed by atoms with van der Waals surface area (Å²) in [6.45, 7) is 0.588. The summed E-state index contributed by atoms with van der Waals surface area (Å²) in [5.41, 5.74) is 9.80. The van der Waals surface area contributed by atoms with Gasteiger partial charge in [0, 0.05) is 10.5 Å². The zero-order valence-electron chi connectivity index (χ0n) is 10.6. The molecule has 98 valence electrons. The van der Waals surface area contributed by atoms with Gasteiger partial charge in [-0.15, -0.1) is 0 Å². The highest BCUT2D eigenvalue weighted by Crippen LogP contribution is 2.32. The van der Waals surface area contributed by atoms with Crippen LogP contribution in [0.1, 0.15) is 29.2 Å². The van der Waals surface area contributed by atoms with Gasteiger partial charge in [0.25, 0.3) is 0 Å². The van der Waals surface area contributed by atoms with Crippen LogP contribution < -0.4 is 10.5 Å². The average molecular weight is 318 g/mol. The Balaban J connectivity index is 1.71. The fourth-order valence-electron chi connectivity index (χ4n) is 2.51. The first-order valence-corrected chi connectivity index (χ1v) is 7.27. The molecule has 0 aromatic heterocycles. The number of aryl methyl sites for hydroxylation is 1. The van der Waals surface area contributed by atoms with Gasteiger partial charge in [-0.3, -0.25) is 0 Å². The van der Waals surface area contributed by atoms with E-state index in [1.807, 2.05) is 18.2 Å². The van der Waals surface area contributed by atoms with E-state index in [2.05, 4.69) is 40.2 Å². The normalized spacial score (nSPS) is 17.3. The number of halogens is 1. The molecule has 0 unspecified atom stereocenters. The molecule has 0 saturated heterocycles. The van der Waals surface area contributed by atoms with Gasteiger partial charge in [0.05, 0.1) is 0 Å². The van der Waals surface area contributed by atoms with Crippen LogP contribution in [0.2, 0.25) is 0 Å². The van der Waals surface area contributed by atoms with E-state index in [1.54, 1.807) is 0 Å². The molecule has 1 aliphatic carbocycles. The van der Waals surface area contributed by atoms with Crippen LogP contribution in [-0.4, -0.2) is 0 Å². The summed E-state index contributed by atoms with van der Waals surface area (Å²) >= 11 is 3.47. The summed E-state index contributed by atoms with van der Waals surface area (Å²) in [5, 5.41) is 0. The maximum atomic E-state index is 6.03. The molecule has 2 aromatic rings. The van der Waals surface area contributed by atoms with Crippen LogP contribution in [0, 0.1) is 0 Å². The van der Waals surface area contributed by atoms with Gasteiger partial charge in [-0.05, 0) is 53.8 Å². The minimum Gasteiger partial charge on any atom is -0.489 e. The van der Waals surface area contributed by atoms with Crippen LogP contribution in [0.25, 0.3) is 0 Å². The molecule has 1 atom stereocenters. The highest BCUT2D eigenvalue weighted by molar-refractivity contribution is 9.10. The van der Waals surface area contributed by atoms with Crippen molar-refractivity contribution in [2.75, 3.05) is 0 Å². The van der Waals surface area contributed by atoms with Crippen molar-refractivity contribution in [3.63, 3.8) is 0 Å². The van der Waals surface area contributed by atoms with Crippen molar-refractivity contribution >= 4 is 15.9 Å². The molecular weight excluding hydrogens is 302 g/mol. The van der Waals surface area contributed by atoms with E-state index in [0.717, 1.165) is 28.6 Å². The second-order valence-corrected chi connectivity index (χ2v) is 5.84. The van der Waals surface area contributed by atoms with Crippen LogP contribution in [0.5, 0.6) is 5.75 Å². The Morgan fingerprint density at radius 1 is 1.21 bits per heavy atom. The number of fused-ring (bicyclic) bond motifs is 1. The highest BCUT2D eigenvalue weighted by Gasteiger charge is 2.18. The maximum Gasteiger partial charge on any atom is 0.120 e. The van der Waals surface area contributed by atoms with Gasteiger partial charge in [-0.1, -0.05) is 34.1 Å². The molecule has 0 bridgehead atoms. The zero-order chi connectivity index (χ0) is 13.2. The largest absolute Gasteiger partial charge is 0.489 e. The number of nitrogens with two attached hydrogens (primary N) is 1. The van der Waals surface area contributed by atoms with Crippen LogP contribution in [-0.2, 0) is 13.0 Å². The van der Waals surface area contributed by atoms with E-state index < -0.39 is 0 Å². The van der Waals surface area contributed by atoms with Crippen LogP contribution in [0.4, 0.5) is 0 Å². The summed E-state index contributed by atoms with van der Waals surface area (Å²) in [7, 11) is 0. The van der Waals surface area contributed by atoms with Crippen LogP contribution in [0.3, 0.4) is 0 Å². The third-order valence-electron chi connectivity index (χ3n) is 3.53. The van der Waals surface area contributed by atoms with Gasteiger partial charge < -0.3 is 10.5 Å². The standard InChI is InChI=1S/C16H16BrNO/c17-13-3-1-2-11(8-13)10-19-14-5-6-15-12(9-14)4-7-16(15)18/h1-3,5-6,8-9,16H,4,7,10,18H2/t16-/m0/s1. The Bertz CT molecular complexity index is 597. The molecule has 0 amide bonds. The number of ether oxygens (including phenoxy) is 1. The maximum absolute atomic E-state index is 6.03. The van der Waals surface area contributed by atoms with Crippen molar-refractivity contribution < 1.29 is 4.74 Å². The molecule has 2 N–H and O–H groups in total. The zero-order valence-corrected chi connectivity index (χ0v) is 12.2. The molecule has 3 heteroatoms. The third-order valence-corrected chi connectivity index (χ3v) is 4.03. The number of rotatable bonds is 3. The number of hydrogen-bond acceptors (Lipinski definition) is 2. The molecule has 0 spiro atoms. The monoisotopic (exact) mass is 317 g/mol. The van der Waals surface area contributed by atoms with Gasteiger partial charge in [0.2, 0.25) is 0 Å². The van der Waals surface area contributed by atoms with Gasteiger partial charge in [-0.25, -0.2) is 0 Å². The van der Waals surface area contributed by atoms with Gasteiger partial charge in [0.15, 0.2) is 0 Å². The quantitative estimate of drug-likeness (QED) is 0.929. The third kappa shape index (κ3) is 2.82. The van der Waals surface area contributed by atoms with E-state index in [-0.39, 0.29) is 6.04 Å². The van der Waals surface area contributed by atoms with E-state index >= 15 is 0 Å². The summed E-state index contributed by atoms with van der Waals surface area (Å²) in [4.78, 5) is 0. The Morgan fingerprint density at radius 2 is 2.11 bits per heavy atom. The molecule has 2 nitrogen and oxygen atoms in total. The molecule has 19 heavy (non-hydrogen) atoms. The first-order valence-electron chi connectivity index (χ1n) is 6.48. The first kappa shape index (κ1) is 12.7. The average Bonchev–Trinajstić information content (AvgIpc) is 2.78. The second-order valence-electron chi connectivity index (χ2n) is 4.92. The van der Waals surface area contributed by atoms with Gasteiger partial charge in [-0.2, -0.15) is 0 Å². The van der Waals surface area contributed by atoms with Gasteiger partial charge >= 0.3 is 0 Å². The number of benzene rings is 2. The van der Waals surface area contributed by atoms with Crippen molar-refractivity contribution in [2.45, 2.75) is 25.5 Å². The molecule has 0 radical (unpaired) electrons. The second kappa shape index (κ2) is 5.35. The predicted molar refractivity (Wildman–Crippen MR) is 80.2 cm³/mol. The van der Waals surface area contributed by atoms with E-state index in [0.29, 0.717) is 6.61 Å². The summed E-state index contributed by atoms with van der Waals surface area (Å²) in [6.07, 6.45) is 2.11. The summed E-state index contributed by atoms with van der Waals surface area (Å²) < 4.78 is 6.92. The lowest BCUT2D eigenvalue weighted by molar-refractivity contribution is 0.306. The lowest BCUT2D eigenvalue weighted by Gasteiger charge is -2.09. The van der Waals surface area contributed by atoms with Crippen molar-refractivity contribution in [1.82, 2.24) is 0 Å². The minimum atomic E-state index is 0.203. The predicted octanol–water partition coefficient (Wildman–Crippen LogP) is 3.97. The topological polar surface area (TPSA) is 35.2 Å². The molecule has 0 saturated carbocycles. The van der Waals surface area contributed by atoms with E-state index in [1.165, 1.54) is 11.1 Å². The Hall–Kier alpha value is -1.32. The SMILES string of the molecule is N[C@H]1CCc2cc(OCc3cccc(Br)c3)ccc21. The fraction of sp³-hybridized carbons (Fsp3) is 0.250. The molecular formula is C16H16BrNO. The van der Waals surface area contributed by atoms with Crippen LogP contribution >= 0.6 is 15.9 Å². The highest BCUT2D eigenvalue weighted by atomic mass is 79.9. The van der Waals surface area contributed by atoms with Crippen LogP contribution in [0.15, 0.2) is 46.9 Å². The van der Waals surface area contributed by atoms with Crippen molar-refractivity contribution in [1.29, 1.82) is 0 Å². The Morgan fingerprint density at radius 3 is 2.95 bits per heavy atom. The fourth-order valence-corrected chi connectivity index (χ4v) is 2.96. The van der Waals surface area contributed by atoms with Crippen molar-refractivity contribution in [3.8, 4) is 5.75 Å². The number of hydrogen-bond donors (Lipinski definition) is 1. The lowest BCUT2D eigenvalue weighted by atomic mass is 10.1. The van der Waals surface area contributed by atoms with E-state index in [4.69, 9.17) is 10.5 Å². The molecule has 3 rings (SSSR count). The smallest absolute Gasteiger partial charge is 0.120 e. The summed E-state index contributed by atoms with van der Waals surface area (Å²) in [6, 6.07) is 14.6. The first-order chi connectivity index (χ1) is 9.22. The van der Waals surface area contributed by atoms with E-state index in [9.17, 15) is 0 Å². The van der Waals surface area contributed by atoms with Crippen molar-refractivity contribution in [3.05, 3.63) is 63.6 Å². The Kier molecular flexibility index (Phi) is 3.58. The molecule has 1 aliphatic rings. The lowest BCUT2D eigenvalue weighted by Crippen LogP contribution is -2.05. The summed E-state index contributed by atoms with van der Waals surface area (Å²) in [5.74, 6) is 0.924. The molecule has 0 aliphatic heterocycles.